The third-order valence-electron chi connectivity index (χ3n) is 4.59. The highest BCUT2D eigenvalue weighted by atomic mass is 16.3. The second-order valence-corrected chi connectivity index (χ2v) is 6.50. The van der Waals surface area contributed by atoms with Crippen molar-refractivity contribution in [2.75, 3.05) is 43.9 Å². The van der Waals surface area contributed by atoms with Crippen LogP contribution in [0.5, 0.6) is 0 Å². The number of imide groups is 1. The lowest BCUT2D eigenvalue weighted by Crippen LogP contribution is -2.36. The van der Waals surface area contributed by atoms with Gasteiger partial charge < -0.3 is 20.6 Å². The lowest BCUT2D eigenvalue weighted by atomic mass is 10.1. The molecule has 0 aromatic heterocycles. The van der Waals surface area contributed by atoms with Crippen LogP contribution in [-0.4, -0.2) is 66.1 Å². The highest BCUT2D eigenvalue weighted by Crippen LogP contribution is 2.21. The molecule has 3 N–H and O–H groups in total. The fraction of sp³-hybridized carbons (Fsp3) is 0.444. The zero-order valence-corrected chi connectivity index (χ0v) is 14.4. The topological polar surface area (TPSA) is 84.9 Å². The van der Waals surface area contributed by atoms with Crippen LogP contribution in [0.3, 0.4) is 0 Å². The maximum atomic E-state index is 12.1. The number of anilines is 2. The van der Waals surface area contributed by atoms with Gasteiger partial charge in [0, 0.05) is 23.5 Å². The van der Waals surface area contributed by atoms with E-state index < -0.39 is 11.8 Å². The Balaban J connectivity index is 1.57. The minimum absolute atomic E-state index is 0.0127. The smallest absolute Gasteiger partial charge is 0.277 e. The third kappa shape index (κ3) is 4.18. The molecule has 0 unspecified atom stereocenters. The average Bonchev–Trinajstić information content (AvgIpc) is 2.86. The minimum atomic E-state index is -0.410. The van der Waals surface area contributed by atoms with Gasteiger partial charge in [0.05, 0.1) is 13.2 Å². The summed E-state index contributed by atoms with van der Waals surface area (Å²) in [5.41, 5.74) is 2.02. The molecule has 1 saturated heterocycles. The van der Waals surface area contributed by atoms with Crippen LogP contribution in [0.2, 0.25) is 0 Å². The number of amides is 2. The molecule has 0 spiro atoms. The minimum Gasteiger partial charge on any atom is -0.395 e. The molecule has 2 aliphatic rings. The molecule has 1 fully saturated rings. The first kappa shape index (κ1) is 17.4. The standard InChI is InChI=1S/C18H24N4O3/c1-21-8-6-15(7-9-21)19-13-2-4-14(5-3-13)20-16-12-17(24)22(10-11-23)18(16)25/h2-5,12,15,19-20,23H,6-11H2,1H3. The van der Waals surface area contributed by atoms with Gasteiger partial charge in [-0.3, -0.25) is 14.5 Å². The van der Waals surface area contributed by atoms with E-state index in [-0.39, 0.29) is 18.8 Å². The molecule has 2 heterocycles. The number of carbonyl (C=O) groups is 2. The van der Waals surface area contributed by atoms with Crippen LogP contribution >= 0.6 is 0 Å². The first-order valence-electron chi connectivity index (χ1n) is 8.57. The van der Waals surface area contributed by atoms with Crippen LogP contribution in [-0.2, 0) is 9.59 Å². The normalized spacial score (nSPS) is 19.3. The molecule has 134 valence electrons. The maximum Gasteiger partial charge on any atom is 0.277 e. The molecule has 2 aliphatic heterocycles. The predicted molar refractivity (Wildman–Crippen MR) is 96.1 cm³/mol. The Morgan fingerprint density at radius 1 is 1.12 bits per heavy atom. The van der Waals surface area contributed by atoms with Gasteiger partial charge >= 0.3 is 0 Å². The van der Waals surface area contributed by atoms with Gasteiger partial charge in [0.15, 0.2) is 0 Å². The summed E-state index contributed by atoms with van der Waals surface area (Å²) in [5, 5.41) is 15.4. The van der Waals surface area contributed by atoms with Gasteiger partial charge in [-0.05, 0) is 57.2 Å². The maximum absolute atomic E-state index is 12.1. The van der Waals surface area contributed by atoms with Crippen molar-refractivity contribution in [3.63, 3.8) is 0 Å². The SMILES string of the molecule is CN1CCC(Nc2ccc(NC3=CC(=O)N(CCO)C3=O)cc2)CC1. The van der Waals surface area contributed by atoms with Crippen LogP contribution in [0.1, 0.15) is 12.8 Å². The summed E-state index contributed by atoms with van der Waals surface area (Å²) in [6.45, 7) is 1.98. The molecule has 0 saturated carbocycles. The summed E-state index contributed by atoms with van der Waals surface area (Å²) in [5.74, 6) is -0.810. The molecule has 3 rings (SSSR count). The fourth-order valence-electron chi connectivity index (χ4n) is 3.10. The number of carbonyl (C=O) groups excluding carboxylic acids is 2. The Morgan fingerprint density at radius 2 is 1.76 bits per heavy atom. The number of nitrogens with zero attached hydrogens (tertiary/aromatic N) is 2. The Bertz CT molecular complexity index is 663. The lowest BCUT2D eigenvalue weighted by molar-refractivity contribution is -0.137. The summed E-state index contributed by atoms with van der Waals surface area (Å²) in [6, 6.07) is 8.18. The highest BCUT2D eigenvalue weighted by Gasteiger charge is 2.30. The first-order valence-corrected chi connectivity index (χ1v) is 8.57. The van der Waals surface area contributed by atoms with Crippen LogP contribution in [0.25, 0.3) is 0 Å². The van der Waals surface area contributed by atoms with Gasteiger partial charge in [-0.1, -0.05) is 0 Å². The van der Waals surface area contributed by atoms with Crippen LogP contribution in [0.15, 0.2) is 36.0 Å². The molecule has 0 bridgehead atoms. The summed E-state index contributed by atoms with van der Waals surface area (Å²) in [7, 11) is 2.14. The zero-order chi connectivity index (χ0) is 17.8. The zero-order valence-electron chi connectivity index (χ0n) is 14.4. The number of nitrogens with one attached hydrogen (secondary N) is 2. The van der Waals surface area contributed by atoms with Gasteiger partial charge in [0.1, 0.15) is 5.70 Å². The van der Waals surface area contributed by atoms with E-state index >= 15 is 0 Å². The summed E-state index contributed by atoms with van der Waals surface area (Å²) >= 11 is 0. The molecule has 0 atom stereocenters. The second kappa shape index (κ2) is 7.67. The van der Waals surface area contributed by atoms with E-state index in [1.54, 1.807) is 0 Å². The Kier molecular flexibility index (Phi) is 5.35. The molecule has 25 heavy (non-hydrogen) atoms. The monoisotopic (exact) mass is 344 g/mol. The van der Waals surface area contributed by atoms with Gasteiger partial charge in [-0.2, -0.15) is 0 Å². The highest BCUT2D eigenvalue weighted by molar-refractivity contribution is 6.17. The van der Waals surface area contributed by atoms with Gasteiger partial charge in [-0.25, -0.2) is 0 Å². The van der Waals surface area contributed by atoms with Crippen molar-refractivity contribution in [3.05, 3.63) is 36.0 Å². The van der Waals surface area contributed by atoms with E-state index in [4.69, 9.17) is 5.11 Å². The molecule has 2 amide bonds. The van der Waals surface area contributed by atoms with Crippen LogP contribution in [0, 0.1) is 0 Å². The van der Waals surface area contributed by atoms with Crippen molar-refractivity contribution in [3.8, 4) is 0 Å². The third-order valence-corrected chi connectivity index (χ3v) is 4.59. The Hall–Kier alpha value is -2.38. The van der Waals surface area contributed by atoms with Crippen molar-refractivity contribution < 1.29 is 14.7 Å². The largest absolute Gasteiger partial charge is 0.395 e. The van der Waals surface area contributed by atoms with E-state index in [1.807, 2.05) is 24.3 Å². The number of aliphatic hydroxyl groups is 1. The van der Waals surface area contributed by atoms with Crippen molar-refractivity contribution in [1.29, 1.82) is 0 Å². The molecular weight excluding hydrogens is 320 g/mol. The fourth-order valence-corrected chi connectivity index (χ4v) is 3.10. The molecule has 1 aromatic carbocycles. The molecule has 0 radical (unpaired) electrons. The van der Waals surface area contributed by atoms with Crippen LogP contribution in [0.4, 0.5) is 11.4 Å². The van der Waals surface area contributed by atoms with E-state index in [0.717, 1.165) is 42.2 Å². The van der Waals surface area contributed by atoms with Gasteiger partial charge in [0.25, 0.3) is 11.8 Å². The van der Waals surface area contributed by atoms with Gasteiger partial charge in [-0.15, -0.1) is 0 Å². The number of hydrogen-bond donors (Lipinski definition) is 3. The number of piperidine rings is 1. The Morgan fingerprint density at radius 3 is 2.40 bits per heavy atom. The lowest BCUT2D eigenvalue weighted by Gasteiger charge is -2.30. The number of likely N-dealkylation sites (tertiary alicyclic amines) is 1. The molecule has 7 nitrogen and oxygen atoms in total. The van der Waals surface area contributed by atoms with Gasteiger partial charge in [0.2, 0.25) is 0 Å². The quantitative estimate of drug-likeness (QED) is 0.664. The van der Waals surface area contributed by atoms with E-state index in [9.17, 15) is 9.59 Å². The van der Waals surface area contributed by atoms with Crippen molar-refractivity contribution in [2.24, 2.45) is 0 Å². The average molecular weight is 344 g/mol. The Labute approximate surface area is 147 Å². The summed E-state index contributed by atoms with van der Waals surface area (Å²) in [6.07, 6.45) is 3.52. The molecule has 0 aliphatic carbocycles. The number of β-amino-alcohol motifs (C(OH)–C–C–N with tert-alkyl or cyclic N) is 1. The van der Waals surface area contributed by atoms with E-state index in [1.165, 1.54) is 6.08 Å². The number of benzene rings is 1. The van der Waals surface area contributed by atoms with E-state index in [2.05, 4.69) is 22.6 Å². The predicted octanol–water partition coefficient (Wildman–Crippen LogP) is 0.850. The summed E-state index contributed by atoms with van der Waals surface area (Å²) < 4.78 is 0. The second-order valence-electron chi connectivity index (χ2n) is 6.50. The van der Waals surface area contributed by atoms with Crippen LogP contribution < -0.4 is 10.6 Å². The number of rotatable bonds is 6. The molecule has 7 heteroatoms. The summed E-state index contributed by atoms with van der Waals surface area (Å²) in [4.78, 5) is 27.2. The van der Waals surface area contributed by atoms with Crippen molar-refractivity contribution in [2.45, 2.75) is 18.9 Å². The van der Waals surface area contributed by atoms with E-state index in [0.29, 0.717) is 6.04 Å². The number of aliphatic hydroxyl groups excluding tert-OH is 1. The molecular formula is C18H24N4O3. The van der Waals surface area contributed by atoms with Crippen molar-refractivity contribution >= 4 is 23.2 Å². The molecule has 1 aromatic rings. The first-order chi connectivity index (χ1) is 12.1. The number of hydrogen-bond acceptors (Lipinski definition) is 6. The van der Waals surface area contributed by atoms with Crippen molar-refractivity contribution in [1.82, 2.24) is 9.80 Å².